The summed E-state index contributed by atoms with van der Waals surface area (Å²) in [7, 11) is -1.89. The van der Waals surface area contributed by atoms with Crippen LogP contribution in [0, 0.1) is 0 Å². The molecule has 0 spiro atoms. The van der Waals surface area contributed by atoms with Crippen LogP contribution < -0.4 is 10.2 Å². The Kier molecular flexibility index (Phi) is 9.13. The summed E-state index contributed by atoms with van der Waals surface area (Å²) in [5.74, 6) is -0.325. The van der Waals surface area contributed by atoms with E-state index in [1.807, 2.05) is 45.2 Å². The molecule has 1 N–H and O–H groups in total. The Hall–Kier alpha value is -2.91. The van der Waals surface area contributed by atoms with Crippen LogP contribution in [-0.2, 0) is 26.2 Å². The number of anilines is 1. The number of rotatable bonds is 9. The first-order chi connectivity index (χ1) is 17.0. The van der Waals surface area contributed by atoms with E-state index < -0.39 is 22.0 Å². The number of piperazine rings is 1. The summed E-state index contributed by atoms with van der Waals surface area (Å²) < 4.78 is 28.3. The first-order valence-electron chi connectivity index (χ1n) is 12.5. The maximum Gasteiger partial charge on any atom is 0.243 e. The molecule has 196 valence electrons. The molecule has 2 amide bonds. The van der Waals surface area contributed by atoms with Gasteiger partial charge in [-0.2, -0.15) is 4.31 Å². The van der Waals surface area contributed by atoms with Crippen LogP contribution in [0.1, 0.15) is 51.2 Å². The van der Waals surface area contributed by atoms with Crippen molar-refractivity contribution in [2.45, 2.75) is 57.5 Å². The van der Waals surface area contributed by atoms with Crippen molar-refractivity contribution >= 4 is 27.5 Å². The second-order valence-corrected chi connectivity index (χ2v) is 11.5. The largest absolute Gasteiger partial charge is 0.375 e. The third-order valence-corrected chi connectivity index (χ3v) is 8.56. The molecular weight excluding hydrogens is 476 g/mol. The molecule has 0 saturated carbocycles. The van der Waals surface area contributed by atoms with E-state index in [0.29, 0.717) is 0 Å². The van der Waals surface area contributed by atoms with E-state index in [4.69, 9.17) is 0 Å². The molecule has 0 aliphatic carbocycles. The summed E-state index contributed by atoms with van der Waals surface area (Å²) in [6.07, 6.45) is 1.05. The molecule has 2 aromatic rings. The van der Waals surface area contributed by atoms with Crippen molar-refractivity contribution in [1.29, 1.82) is 0 Å². The Morgan fingerprint density at radius 3 is 2.25 bits per heavy atom. The average molecular weight is 515 g/mol. The molecule has 0 radical (unpaired) electrons. The highest BCUT2D eigenvalue weighted by Gasteiger charge is 2.40. The maximum absolute atomic E-state index is 13.5. The minimum absolute atomic E-state index is 0.0191. The fourth-order valence-corrected chi connectivity index (χ4v) is 5.92. The number of carbonyl (C=O) groups excluding carboxylic acids is 2. The monoisotopic (exact) mass is 514 g/mol. The molecule has 8 nitrogen and oxygen atoms in total. The van der Waals surface area contributed by atoms with Crippen LogP contribution in [-0.4, -0.2) is 68.7 Å². The van der Waals surface area contributed by atoms with Gasteiger partial charge in [0.25, 0.3) is 0 Å². The highest BCUT2D eigenvalue weighted by molar-refractivity contribution is 7.89. The topological polar surface area (TPSA) is 90.0 Å². The van der Waals surface area contributed by atoms with Crippen molar-refractivity contribution < 1.29 is 18.0 Å². The van der Waals surface area contributed by atoms with E-state index in [1.54, 1.807) is 24.3 Å². The molecule has 1 saturated heterocycles. The SMILES string of the molecule is CCCN(C)c1ccc(CNC(=O)C2CN(C(C)=O)CCN2S(=O)(=O)c2ccc(C(C)C)cc2)cc1. The molecule has 9 heteroatoms. The zero-order valence-electron chi connectivity index (χ0n) is 21.9. The third-order valence-electron chi connectivity index (χ3n) is 6.64. The van der Waals surface area contributed by atoms with Crippen LogP contribution >= 0.6 is 0 Å². The van der Waals surface area contributed by atoms with Crippen molar-refractivity contribution in [2.24, 2.45) is 0 Å². The molecule has 1 aliphatic heterocycles. The van der Waals surface area contributed by atoms with E-state index in [1.165, 1.54) is 16.1 Å². The van der Waals surface area contributed by atoms with Gasteiger partial charge < -0.3 is 15.1 Å². The van der Waals surface area contributed by atoms with Crippen molar-refractivity contribution in [2.75, 3.05) is 38.1 Å². The Balaban J connectivity index is 1.77. The molecule has 1 aliphatic rings. The number of nitrogens with one attached hydrogen (secondary N) is 1. The van der Waals surface area contributed by atoms with Crippen LogP contribution in [0.5, 0.6) is 0 Å². The molecule has 2 aromatic carbocycles. The van der Waals surface area contributed by atoms with Crippen molar-refractivity contribution in [3.63, 3.8) is 0 Å². The fourth-order valence-electron chi connectivity index (χ4n) is 4.35. The number of nitrogens with zero attached hydrogens (tertiary/aromatic N) is 3. The quantitative estimate of drug-likeness (QED) is 0.555. The van der Waals surface area contributed by atoms with E-state index in [9.17, 15) is 18.0 Å². The average Bonchev–Trinajstić information content (AvgIpc) is 2.87. The number of carbonyl (C=O) groups is 2. The Morgan fingerprint density at radius 1 is 1.06 bits per heavy atom. The molecule has 0 aromatic heterocycles. The van der Waals surface area contributed by atoms with E-state index in [0.717, 1.165) is 29.8 Å². The highest BCUT2D eigenvalue weighted by Crippen LogP contribution is 2.24. The molecule has 3 rings (SSSR count). The molecule has 1 unspecified atom stereocenters. The highest BCUT2D eigenvalue weighted by atomic mass is 32.2. The van der Waals surface area contributed by atoms with Crippen LogP contribution in [0.15, 0.2) is 53.4 Å². The normalized spacial score (nSPS) is 16.7. The summed E-state index contributed by atoms with van der Waals surface area (Å²) in [5.41, 5.74) is 3.04. The first kappa shape index (κ1) is 27.7. The van der Waals surface area contributed by atoms with Crippen LogP contribution in [0.2, 0.25) is 0 Å². The number of benzene rings is 2. The predicted octanol–water partition coefficient (Wildman–Crippen LogP) is 3.19. The lowest BCUT2D eigenvalue weighted by atomic mass is 10.0. The molecule has 0 bridgehead atoms. The maximum atomic E-state index is 13.5. The van der Waals surface area contributed by atoms with Gasteiger partial charge >= 0.3 is 0 Å². The Morgan fingerprint density at radius 2 is 1.69 bits per heavy atom. The lowest BCUT2D eigenvalue weighted by molar-refractivity contribution is -0.134. The minimum Gasteiger partial charge on any atom is -0.375 e. The van der Waals surface area contributed by atoms with Crippen LogP contribution in [0.4, 0.5) is 5.69 Å². The number of amides is 2. The second kappa shape index (κ2) is 11.9. The molecule has 1 atom stereocenters. The van der Waals surface area contributed by atoms with Crippen LogP contribution in [0.25, 0.3) is 0 Å². The summed E-state index contributed by atoms with van der Waals surface area (Å²) >= 11 is 0. The summed E-state index contributed by atoms with van der Waals surface area (Å²) in [6, 6.07) is 13.7. The minimum atomic E-state index is -3.92. The van der Waals surface area contributed by atoms with Gasteiger partial charge in [0.1, 0.15) is 6.04 Å². The lowest BCUT2D eigenvalue weighted by Crippen LogP contribution is -2.61. The zero-order chi connectivity index (χ0) is 26.5. The molecule has 36 heavy (non-hydrogen) atoms. The molecular formula is C27H38N4O4S. The van der Waals surface area contributed by atoms with Gasteiger partial charge in [-0.05, 0) is 47.7 Å². The number of hydrogen-bond donors (Lipinski definition) is 1. The van der Waals surface area contributed by atoms with Gasteiger partial charge in [-0.25, -0.2) is 8.42 Å². The predicted molar refractivity (Wildman–Crippen MR) is 142 cm³/mol. The van der Waals surface area contributed by atoms with Gasteiger partial charge in [0.05, 0.1) is 4.90 Å². The van der Waals surface area contributed by atoms with Gasteiger partial charge in [-0.3, -0.25) is 9.59 Å². The van der Waals surface area contributed by atoms with Gasteiger partial charge in [0.2, 0.25) is 21.8 Å². The zero-order valence-corrected chi connectivity index (χ0v) is 22.7. The van der Waals surface area contributed by atoms with Gasteiger partial charge in [0, 0.05) is 52.4 Å². The summed E-state index contributed by atoms with van der Waals surface area (Å²) in [6.45, 7) is 9.19. The lowest BCUT2D eigenvalue weighted by Gasteiger charge is -2.39. The van der Waals surface area contributed by atoms with E-state index in [-0.39, 0.29) is 42.9 Å². The van der Waals surface area contributed by atoms with E-state index >= 15 is 0 Å². The van der Waals surface area contributed by atoms with Gasteiger partial charge in [0.15, 0.2) is 0 Å². The van der Waals surface area contributed by atoms with Crippen molar-refractivity contribution in [1.82, 2.24) is 14.5 Å². The summed E-state index contributed by atoms with van der Waals surface area (Å²) in [4.78, 5) is 29.1. The fraction of sp³-hybridized carbons (Fsp3) is 0.481. The second-order valence-electron chi connectivity index (χ2n) is 9.63. The number of hydrogen-bond acceptors (Lipinski definition) is 5. The Labute approximate surface area is 215 Å². The van der Waals surface area contributed by atoms with Crippen molar-refractivity contribution in [3.05, 3.63) is 59.7 Å². The van der Waals surface area contributed by atoms with Gasteiger partial charge in [-0.1, -0.05) is 45.0 Å². The van der Waals surface area contributed by atoms with Crippen LogP contribution in [0.3, 0.4) is 0 Å². The molecule has 1 fully saturated rings. The van der Waals surface area contributed by atoms with E-state index in [2.05, 4.69) is 17.1 Å². The first-order valence-corrected chi connectivity index (χ1v) is 13.9. The third kappa shape index (κ3) is 6.44. The standard InChI is InChI=1S/C27H38N4O4S/c1-6-15-29(5)24-11-7-22(8-12-24)18-28-27(33)26-19-30(21(4)32)16-17-31(26)36(34,35)25-13-9-23(10-14-25)20(2)3/h7-14,20,26H,6,15-19H2,1-5H3,(H,28,33). The molecule has 1 heterocycles. The van der Waals surface area contributed by atoms with Crippen molar-refractivity contribution in [3.8, 4) is 0 Å². The van der Waals surface area contributed by atoms with Gasteiger partial charge in [-0.15, -0.1) is 0 Å². The summed E-state index contributed by atoms with van der Waals surface area (Å²) in [5, 5.41) is 2.88. The number of sulfonamides is 1. The Bertz CT molecular complexity index is 1150. The smallest absolute Gasteiger partial charge is 0.243 e.